The molecule has 0 aromatic rings. The summed E-state index contributed by atoms with van der Waals surface area (Å²) in [5.41, 5.74) is 5.98. The molecule has 0 radical (unpaired) electrons. The van der Waals surface area contributed by atoms with Gasteiger partial charge in [-0.15, -0.1) is 0 Å². The Morgan fingerprint density at radius 3 is 2.69 bits per heavy atom. The number of carbonyl (C=O) groups is 1. The van der Waals surface area contributed by atoms with Gasteiger partial charge in [0.2, 0.25) is 5.91 Å². The van der Waals surface area contributed by atoms with Crippen LogP contribution in [0.5, 0.6) is 0 Å². The molecule has 1 aliphatic rings. The van der Waals surface area contributed by atoms with Crippen molar-refractivity contribution in [3.63, 3.8) is 0 Å². The van der Waals surface area contributed by atoms with Crippen molar-refractivity contribution in [2.24, 2.45) is 11.7 Å². The third-order valence-electron chi connectivity index (χ3n) is 3.61. The van der Waals surface area contributed by atoms with Gasteiger partial charge in [0, 0.05) is 24.9 Å². The first-order valence-corrected chi connectivity index (χ1v) is 7.52. The molecule has 0 aromatic carbocycles. The van der Waals surface area contributed by atoms with Crippen molar-refractivity contribution >= 4 is 17.7 Å². The van der Waals surface area contributed by atoms with Crippen LogP contribution in [0.1, 0.15) is 32.6 Å². The van der Waals surface area contributed by atoms with Crippen molar-refractivity contribution in [2.45, 2.75) is 44.7 Å². The van der Waals surface area contributed by atoms with Crippen molar-refractivity contribution in [1.29, 1.82) is 0 Å². The van der Waals surface area contributed by atoms with Crippen LogP contribution in [-0.4, -0.2) is 41.9 Å². The van der Waals surface area contributed by atoms with Gasteiger partial charge in [-0.25, -0.2) is 0 Å². The van der Waals surface area contributed by atoms with Gasteiger partial charge in [-0.05, 0) is 25.5 Å². The lowest BCUT2D eigenvalue weighted by Gasteiger charge is -2.30. The maximum atomic E-state index is 12.3. The molecule has 1 aliphatic carbocycles. The molecule has 0 saturated heterocycles. The summed E-state index contributed by atoms with van der Waals surface area (Å²) in [4.78, 5) is 14.2. The molecule has 1 amide bonds. The van der Waals surface area contributed by atoms with Crippen LogP contribution in [0.3, 0.4) is 0 Å². The van der Waals surface area contributed by atoms with E-state index in [9.17, 15) is 4.79 Å². The van der Waals surface area contributed by atoms with E-state index in [1.807, 2.05) is 11.9 Å². The predicted molar refractivity (Wildman–Crippen MR) is 70.5 cm³/mol. The Bertz CT molecular complexity index is 235. The molecule has 4 heteroatoms. The first-order valence-electron chi connectivity index (χ1n) is 6.13. The van der Waals surface area contributed by atoms with Crippen molar-refractivity contribution in [3.8, 4) is 0 Å². The lowest BCUT2D eigenvalue weighted by molar-refractivity contribution is -0.136. The lowest BCUT2D eigenvalue weighted by atomic mass is 10.0. The molecule has 3 nitrogen and oxygen atoms in total. The maximum Gasteiger partial charge on any atom is 0.227 e. The van der Waals surface area contributed by atoms with Crippen molar-refractivity contribution < 1.29 is 4.79 Å². The van der Waals surface area contributed by atoms with Crippen LogP contribution in [0, 0.1) is 5.92 Å². The van der Waals surface area contributed by atoms with Crippen LogP contribution in [0.15, 0.2) is 0 Å². The van der Waals surface area contributed by atoms with Gasteiger partial charge in [0.1, 0.15) is 0 Å². The van der Waals surface area contributed by atoms with Gasteiger partial charge in [0.15, 0.2) is 0 Å². The molecule has 0 aliphatic heterocycles. The molecule has 0 bridgehead atoms. The van der Waals surface area contributed by atoms with E-state index in [0.717, 1.165) is 31.4 Å². The Morgan fingerprint density at radius 2 is 2.25 bits per heavy atom. The first-order chi connectivity index (χ1) is 7.61. The summed E-state index contributed by atoms with van der Waals surface area (Å²) >= 11 is 1.80. The highest BCUT2D eigenvalue weighted by molar-refractivity contribution is 7.98. The molecule has 94 valence electrons. The molecule has 1 saturated carbocycles. The number of rotatable bonds is 5. The van der Waals surface area contributed by atoms with E-state index in [1.165, 1.54) is 0 Å². The van der Waals surface area contributed by atoms with Gasteiger partial charge in [-0.2, -0.15) is 11.8 Å². The third kappa shape index (κ3) is 3.14. The summed E-state index contributed by atoms with van der Waals surface area (Å²) in [6.07, 6.45) is 6.18. The van der Waals surface area contributed by atoms with Crippen LogP contribution in [-0.2, 0) is 4.79 Å². The van der Waals surface area contributed by atoms with Gasteiger partial charge in [-0.1, -0.05) is 13.3 Å². The Labute approximate surface area is 103 Å². The van der Waals surface area contributed by atoms with Gasteiger partial charge >= 0.3 is 0 Å². The second kappa shape index (κ2) is 6.50. The van der Waals surface area contributed by atoms with E-state index in [2.05, 4.69) is 13.2 Å². The summed E-state index contributed by atoms with van der Waals surface area (Å²) in [6, 6.07) is 0.442. The molecule has 3 unspecified atom stereocenters. The highest BCUT2D eigenvalue weighted by atomic mass is 32.2. The fraction of sp³-hybridized carbons (Fsp3) is 0.917. The number of thioether (sulfide) groups is 1. The van der Waals surface area contributed by atoms with Crippen molar-refractivity contribution in [3.05, 3.63) is 0 Å². The molecule has 2 N–H and O–H groups in total. The minimum Gasteiger partial charge on any atom is -0.342 e. The van der Waals surface area contributed by atoms with Crippen molar-refractivity contribution in [2.75, 3.05) is 19.1 Å². The van der Waals surface area contributed by atoms with E-state index >= 15 is 0 Å². The summed E-state index contributed by atoms with van der Waals surface area (Å²) in [7, 11) is 1.93. The summed E-state index contributed by atoms with van der Waals surface area (Å²) < 4.78 is 0. The number of nitrogens with two attached hydrogens (primary N) is 1. The summed E-state index contributed by atoms with van der Waals surface area (Å²) in [5.74, 6) is 1.34. The van der Waals surface area contributed by atoms with E-state index in [1.54, 1.807) is 11.8 Å². The zero-order chi connectivity index (χ0) is 12.1. The standard InChI is InChI=1S/C12H24N2OS/c1-4-9(8-16-3)14(2)12(15)10-6-5-7-11(10)13/h9-11H,4-8,13H2,1-3H3. The number of hydrogen-bond donors (Lipinski definition) is 1. The predicted octanol–water partition coefficient (Wildman–Crippen LogP) is 1.71. The second-order valence-electron chi connectivity index (χ2n) is 4.67. The minimum absolute atomic E-state index is 0.0703. The fourth-order valence-corrected chi connectivity index (χ4v) is 3.28. The quantitative estimate of drug-likeness (QED) is 0.801. The van der Waals surface area contributed by atoms with Crippen LogP contribution < -0.4 is 5.73 Å². The zero-order valence-electron chi connectivity index (χ0n) is 10.6. The number of hydrogen-bond acceptors (Lipinski definition) is 3. The molecule has 0 aromatic heterocycles. The SMILES string of the molecule is CCC(CSC)N(C)C(=O)C1CCCC1N. The molecular formula is C12H24N2OS. The second-order valence-corrected chi connectivity index (χ2v) is 5.58. The molecule has 16 heavy (non-hydrogen) atoms. The van der Waals surface area contributed by atoms with E-state index in [-0.39, 0.29) is 17.9 Å². The molecular weight excluding hydrogens is 220 g/mol. The Hall–Kier alpha value is -0.220. The number of amides is 1. The fourth-order valence-electron chi connectivity index (χ4n) is 2.43. The van der Waals surface area contributed by atoms with Crippen LogP contribution in [0.2, 0.25) is 0 Å². The molecule has 0 heterocycles. The van der Waals surface area contributed by atoms with E-state index in [4.69, 9.17) is 5.73 Å². The van der Waals surface area contributed by atoms with Crippen LogP contribution in [0.25, 0.3) is 0 Å². The number of nitrogens with zero attached hydrogens (tertiary/aromatic N) is 1. The smallest absolute Gasteiger partial charge is 0.227 e. The summed E-state index contributed by atoms with van der Waals surface area (Å²) in [5, 5.41) is 0. The average Bonchev–Trinajstić information content (AvgIpc) is 2.70. The maximum absolute atomic E-state index is 12.3. The Kier molecular flexibility index (Phi) is 5.62. The van der Waals surface area contributed by atoms with E-state index in [0.29, 0.717) is 6.04 Å². The van der Waals surface area contributed by atoms with Crippen LogP contribution >= 0.6 is 11.8 Å². The zero-order valence-corrected chi connectivity index (χ0v) is 11.4. The van der Waals surface area contributed by atoms with Crippen LogP contribution in [0.4, 0.5) is 0 Å². The van der Waals surface area contributed by atoms with Gasteiger partial charge in [0.05, 0.1) is 5.92 Å². The largest absolute Gasteiger partial charge is 0.342 e. The third-order valence-corrected chi connectivity index (χ3v) is 4.33. The van der Waals surface area contributed by atoms with Gasteiger partial charge < -0.3 is 10.6 Å². The van der Waals surface area contributed by atoms with Gasteiger partial charge in [0.25, 0.3) is 0 Å². The minimum atomic E-state index is 0.0703. The highest BCUT2D eigenvalue weighted by Crippen LogP contribution is 2.26. The van der Waals surface area contributed by atoms with Gasteiger partial charge in [-0.3, -0.25) is 4.79 Å². The van der Waals surface area contributed by atoms with Crippen molar-refractivity contribution in [1.82, 2.24) is 4.90 Å². The molecule has 1 rings (SSSR count). The molecule has 3 atom stereocenters. The highest BCUT2D eigenvalue weighted by Gasteiger charge is 2.33. The molecule has 1 fully saturated rings. The Balaban J connectivity index is 2.57. The molecule has 0 spiro atoms. The monoisotopic (exact) mass is 244 g/mol. The normalized spacial score (nSPS) is 26.8. The van der Waals surface area contributed by atoms with E-state index < -0.39 is 0 Å². The Morgan fingerprint density at radius 1 is 1.56 bits per heavy atom. The average molecular weight is 244 g/mol. The first kappa shape index (κ1) is 13.8. The number of carbonyl (C=O) groups excluding carboxylic acids is 1. The summed E-state index contributed by atoms with van der Waals surface area (Å²) in [6.45, 7) is 2.14. The lowest BCUT2D eigenvalue weighted by Crippen LogP contribution is -2.45. The topological polar surface area (TPSA) is 46.3 Å².